The van der Waals surface area contributed by atoms with Crippen LogP contribution in [0.1, 0.15) is 35.1 Å². The van der Waals surface area contributed by atoms with E-state index in [4.69, 9.17) is 23.7 Å². The minimum Gasteiger partial charge on any atom is -0.394 e. The fourth-order valence-corrected chi connectivity index (χ4v) is 5.57. The van der Waals surface area contributed by atoms with Gasteiger partial charge in [-0.05, 0) is 35.1 Å². The van der Waals surface area contributed by atoms with E-state index in [0.29, 0.717) is 39.3 Å². The van der Waals surface area contributed by atoms with E-state index in [9.17, 15) is 10.2 Å². The van der Waals surface area contributed by atoms with Crippen molar-refractivity contribution in [3.8, 4) is 0 Å². The molecule has 5 rings (SSSR count). The minimum atomic E-state index is -0.855. The zero-order valence-corrected chi connectivity index (χ0v) is 25.6. The highest BCUT2D eigenvalue weighted by molar-refractivity contribution is 5.16. The van der Waals surface area contributed by atoms with Crippen LogP contribution in [0.2, 0.25) is 0 Å². The van der Waals surface area contributed by atoms with Crippen molar-refractivity contribution in [2.24, 2.45) is 0 Å². The Morgan fingerprint density at radius 1 is 0.533 bits per heavy atom. The summed E-state index contributed by atoms with van der Waals surface area (Å²) in [5.74, 6) is 0. The number of rotatable bonds is 17. The zero-order chi connectivity index (χ0) is 31.1. The Labute approximate surface area is 266 Å². The summed E-state index contributed by atoms with van der Waals surface area (Å²) in [6, 6.07) is 40.1. The molecule has 0 unspecified atom stereocenters. The van der Waals surface area contributed by atoms with Gasteiger partial charge in [0, 0.05) is 0 Å². The van der Waals surface area contributed by atoms with Crippen LogP contribution in [-0.2, 0) is 50.1 Å². The summed E-state index contributed by atoms with van der Waals surface area (Å²) in [6.07, 6.45) is -2.46. The molecule has 238 valence electrons. The Balaban J connectivity index is 1.43. The summed E-state index contributed by atoms with van der Waals surface area (Å²) in [4.78, 5) is 0. The third kappa shape index (κ3) is 10.3. The van der Waals surface area contributed by atoms with Crippen LogP contribution < -0.4 is 0 Å². The highest BCUT2D eigenvalue weighted by Crippen LogP contribution is 2.33. The van der Waals surface area contributed by atoms with Crippen LogP contribution in [0.25, 0.3) is 0 Å². The van der Waals surface area contributed by atoms with Gasteiger partial charge >= 0.3 is 0 Å². The Bertz CT molecular complexity index is 1340. The molecule has 7 nitrogen and oxygen atoms in total. The number of hydrogen-bond donors (Lipinski definition) is 2. The highest BCUT2D eigenvalue weighted by Gasteiger charge is 2.48. The Hall–Kier alpha value is -3.40. The molecule has 0 amide bonds. The van der Waals surface area contributed by atoms with Crippen molar-refractivity contribution < 1.29 is 33.9 Å². The lowest BCUT2D eigenvalue weighted by Gasteiger charge is -2.46. The van der Waals surface area contributed by atoms with Gasteiger partial charge in [-0.1, -0.05) is 121 Å². The van der Waals surface area contributed by atoms with Crippen LogP contribution in [0.4, 0.5) is 0 Å². The van der Waals surface area contributed by atoms with E-state index < -0.39 is 36.6 Å². The van der Waals surface area contributed by atoms with Crippen molar-refractivity contribution >= 4 is 0 Å². The molecule has 4 aromatic carbocycles. The van der Waals surface area contributed by atoms with Crippen LogP contribution in [0.15, 0.2) is 121 Å². The van der Waals surface area contributed by atoms with Gasteiger partial charge in [0.15, 0.2) is 0 Å². The largest absolute Gasteiger partial charge is 0.394 e. The molecule has 0 aliphatic carbocycles. The maximum atomic E-state index is 10.3. The van der Waals surface area contributed by atoms with Crippen molar-refractivity contribution in [3.05, 3.63) is 144 Å². The number of ether oxygens (including phenoxy) is 5. The first kappa shape index (κ1) is 33.0. The molecule has 1 saturated heterocycles. The van der Waals surface area contributed by atoms with Crippen molar-refractivity contribution in [2.45, 2.75) is 75.9 Å². The summed E-state index contributed by atoms with van der Waals surface area (Å²) in [6.45, 7) is 1.50. The van der Waals surface area contributed by atoms with Gasteiger partial charge in [-0.2, -0.15) is 0 Å². The molecule has 1 heterocycles. The first-order chi connectivity index (χ1) is 22.2. The molecule has 0 spiro atoms. The fourth-order valence-electron chi connectivity index (χ4n) is 5.57. The third-order valence-corrected chi connectivity index (χ3v) is 7.97. The second-order valence-electron chi connectivity index (χ2n) is 11.4. The lowest BCUT2D eigenvalue weighted by molar-refractivity contribution is -0.274. The van der Waals surface area contributed by atoms with Crippen molar-refractivity contribution in [1.82, 2.24) is 0 Å². The van der Waals surface area contributed by atoms with Gasteiger partial charge in [-0.15, -0.1) is 0 Å². The summed E-state index contributed by atoms with van der Waals surface area (Å²) in [5.41, 5.74) is 4.18. The zero-order valence-electron chi connectivity index (χ0n) is 25.6. The topological polar surface area (TPSA) is 86.6 Å². The van der Waals surface area contributed by atoms with E-state index in [1.54, 1.807) is 0 Å². The summed E-state index contributed by atoms with van der Waals surface area (Å²) >= 11 is 0. The van der Waals surface area contributed by atoms with Crippen molar-refractivity contribution in [2.75, 3.05) is 13.2 Å². The van der Waals surface area contributed by atoms with Gasteiger partial charge in [-0.25, -0.2) is 0 Å². The molecule has 1 fully saturated rings. The predicted octanol–water partition coefficient (Wildman–Crippen LogP) is 5.86. The molecule has 7 heteroatoms. The smallest absolute Gasteiger partial charge is 0.115 e. The maximum absolute atomic E-state index is 10.3. The van der Waals surface area contributed by atoms with Crippen molar-refractivity contribution in [3.63, 3.8) is 0 Å². The van der Waals surface area contributed by atoms with Crippen molar-refractivity contribution in [1.29, 1.82) is 0 Å². The van der Waals surface area contributed by atoms with Crippen LogP contribution in [0.5, 0.6) is 0 Å². The average Bonchev–Trinajstić information content (AvgIpc) is 3.10. The Morgan fingerprint density at radius 2 is 0.933 bits per heavy atom. The summed E-state index contributed by atoms with van der Waals surface area (Å²) in [5, 5.41) is 19.8. The molecule has 0 radical (unpaired) electrons. The molecule has 4 aromatic rings. The minimum absolute atomic E-state index is 0.282. The second-order valence-corrected chi connectivity index (χ2v) is 11.4. The first-order valence-electron chi connectivity index (χ1n) is 15.7. The number of aliphatic hydroxyl groups is 2. The van der Waals surface area contributed by atoms with E-state index >= 15 is 0 Å². The number of aliphatic hydroxyl groups excluding tert-OH is 2. The standard InChI is InChI=1S/C38H44O7/c39-23-33(40)21-22-34-36(42-25-30-15-7-2-8-16-30)38(44-27-32-19-11-4-12-20-32)37(43-26-31-17-9-3-10-18-31)35(45-34)28-41-24-29-13-5-1-6-14-29/h1-20,33-40H,21-28H2/t33-,34-,35+,36-,37+,38+/m0/s1. The molecular weight excluding hydrogens is 568 g/mol. The van der Waals surface area contributed by atoms with Gasteiger partial charge < -0.3 is 33.9 Å². The first-order valence-corrected chi connectivity index (χ1v) is 15.7. The highest BCUT2D eigenvalue weighted by atomic mass is 16.6. The van der Waals surface area contributed by atoms with E-state index in [0.717, 1.165) is 22.3 Å². The molecule has 0 bridgehead atoms. The van der Waals surface area contributed by atoms with Crippen LogP contribution in [-0.4, -0.2) is 60.1 Å². The van der Waals surface area contributed by atoms with Gasteiger partial charge in [0.05, 0.1) is 51.8 Å². The lowest BCUT2D eigenvalue weighted by atomic mass is 9.91. The van der Waals surface area contributed by atoms with Crippen LogP contribution in [0, 0.1) is 0 Å². The van der Waals surface area contributed by atoms with Crippen LogP contribution in [0.3, 0.4) is 0 Å². The van der Waals surface area contributed by atoms with Gasteiger partial charge in [0.2, 0.25) is 0 Å². The quantitative estimate of drug-likeness (QED) is 0.155. The lowest BCUT2D eigenvalue weighted by Crippen LogP contribution is -2.61. The summed E-state index contributed by atoms with van der Waals surface area (Å²) in [7, 11) is 0. The molecule has 6 atom stereocenters. The summed E-state index contributed by atoms with van der Waals surface area (Å²) < 4.78 is 33.0. The van der Waals surface area contributed by atoms with E-state index in [-0.39, 0.29) is 13.2 Å². The van der Waals surface area contributed by atoms with Crippen LogP contribution >= 0.6 is 0 Å². The van der Waals surface area contributed by atoms with Gasteiger partial charge in [0.25, 0.3) is 0 Å². The SMILES string of the molecule is OC[C@@H](O)CC[C@@H]1O[C@H](COCc2ccccc2)[C@@H](OCc2ccccc2)[C@H](OCc2ccccc2)[C@H]1OCc1ccccc1. The Kier molecular flexibility index (Phi) is 13.1. The van der Waals surface area contributed by atoms with E-state index in [1.807, 2.05) is 121 Å². The average molecular weight is 613 g/mol. The van der Waals surface area contributed by atoms with Gasteiger partial charge in [-0.3, -0.25) is 0 Å². The molecule has 1 aliphatic heterocycles. The second kappa shape index (κ2) is 17.9. The number of benzene rings is 4. The normalized spacial score (nSPS) is 22.2. The molecule has 0 saturated carbocycles. The molecule has 1 aliphatic rings. The van der Waals surface area contributed by atoms with Gasteiger partial charge in [0.1, 0.15) is 24.4 Å². The third-order valence-electron chi connectivity index (χ3n) is 7.97. The molecule has 45 heavy (non-hydrogen) atoms. The molecule has 2 N–H and O–H groups in total. The van der Waals surface area contributed by atoms with E-state index in [2.05, 4.69) is 0 Å². The molecule has 0 aromatic heterocycles. The predicted molar refractivity (Wildman–Crippen MR) is 172 cm³/mol. The molecular formula is C38H44O7. The number of hydrogen-bond acceptors (Lipinski definition) is 7. The monoisotopic (exact) mass is 612 g/mol. The Morgan fingerprint density at radius 3 is 1.38 bits per heavy atom. The fraction of sp³-hybridized carbons (Fsp3) is 0.368. The van der Waals surface area contributed by atoms with E-state index in [1.165, 1.54) is 0 Å². The maximum Gasteiger partial charge on any atom is 0.115 e.